The SMILES string of the molecule is CCCCCCCC/C=C/[N]/C=C/CCCCCCCC. The van der Waals surface area contributed by atoms with E-state index in [0.717, 1.165) is 0 Å². The molecule has 0 aliphatic carbocycles. The minimum Gasteiger partial charge on any atom is -0.265 e. The summed E-state index contributed by atoms with van der Waals surface area (Å²) in [6, 6.07) is 0. The molecule has 0 bridgehead atoms. The van der Waals surface area contributed by atoms with Crippen LogP contribution in [0.3, 0.4) is 0 Å². The highest BCUT2D eigenvalue weighted by atomic mass is 14.8. The van der Waals surface area contributed by atoms with Crippen molar-refractivity contribution in [2.75, 3.05) is 0 Å². The number of allylic oxidation sites excluding steroid dienone is 2. The first-order chi connectivity index (χ1) is 10.4. The van der Waals surface area contributed by atoms with Gasteiger partial charge >= 0.3 is 0 Å². The summed E-state index contributed by atoms with van der Waals surface area (Å²) in [5, 5.41) is 4.30. The Morgan fingerprint density at radius 1 is 0.524 bits per heavy atom. The second-order valence-electron chi connectivity index (χ2n) is 6.03. The maximum absolute atomic E-state index is 4.30. The zero-order valence-electron chi connectivity index (χ0n) is 14.7. The predicted octanol–water partition coefficient (Wildman–Crippen LogP) is 7.12. The molecule has 0 saturated heterocycles. The first-order valence-electron chi connectivity index (χ1n) is 9.41. The van der Waals surface area contributed by atoms with Crippen molar-refractivity contribution in [3.05, 3.63) is 24.6 Å². The second-order valence-corrected chi connectivity index (χ2v) is 6.03. The standard InChI is InChI=1S/C20H38N/c1-3-5-7-9-11-13-15-17-19-21-20-18-16-14-12-10-8-6-4-2/h17-20H,3-16H2,1-2H3/b19-17+,20-18+. The quantitative estimate of drug-likeness (QED) is 0.269. The van der Waals surface area contributed by atoms with E-state index in [9.17, 15) is 0 Å². The van der Waals surface area contributed by atoms with Crippen LogP contribution in [0.15, 0.2) is 24.6 Å². The van der Waals surface area contributed by atoms with Gasteiger partial charge in [-0.2, -0.15) is 0 Å². The Morgan fingerprint density at radius 3 is 1.33 bits per heavy atom. The molecule has 0 atom stereocenters. The van der Waals surface area contributed by atoms with E-state index in [1.54, 1.807) is 0 Å². The Labute approximate surface area is 134 Å². The molecule has 0 aliphatic heterocycles. The fourth-order valence-electron chi connectivity index (χ4n) is 2.41. The van der Waals surface area contributed by atoms with Crippen LogP contribution in [0.1, 0.15) is 104 Å². The summed E-state index contributed by atoms with van der Waals surface area (Å²) in [5.41, 5.74) is 0. The number of nitrogens with zero attached hydrogens (tertiary/aromatic N) is 1. The molecule has 0 aromatic carbocycles. The van der Waals surface area contributed by atoms with Crippen molar-refractivity contribution in [3.8, 4) is 0 Å². The number of unbranched alkanes of at least 4 members (excludes halogenated alkanes) is 12. The Kier molecular flexibility index (Phi) is 18.6. The summed E-state index contributed by atoms with van der Waals surface area (Å²) in [6.45, 7) is 4.54. The van der Waals surface area contributed by atoms with Crippen molar-refractivity contribution in [1.82, 2.24) is 5.32 Å². The van der Waals surface area contributed by atoms with Gasteiger partial charge in [0.05, 0.1) is 0 Å². The van der Waals surface area contributed by atoms with E-state index in [2.05, 4.69) is 31.3 Å². The molecule has 123 valence electrons. The van der Waals surface area contributed by atoms with Gasteiger partial charge in [-0.15, -0.1) is 0 Å². The van der Waals surface area contributed by atoms with Crippen LogP contribution in [0.25, 0.3) is 0 Å². The van der Waals surface area contributed by atoms with Gasteiger partial charge in [0.1, 0.15) is 0 Å². The van der Waals surface area contributed by atoms with Crippen LogP contribution in [0, 0.1) is 0 Å². The smallest absolute Gasteiger partial charge is 0.0227 e. The van der Waals surface area contributed by atoms with E-state index in [1.165, 1.54) is 89.9 Å². The van der Waals surface area contributed by atoms with Gasteiger partial charge in [0.15, 0.2) is 0 Å². The molecule has 0 N–H and O–H groups in total. The van der Waals surface area contributed by atoms with E-state index in [-0.39, 0.29) is 0 Å². The number of rotatable bonds is 16. The third kappa shape index (κ3) is 19.3. The minimum atomic E-state index is 1.18. The van der Waals surface area contributed by atoms with Crippen LogP contribution >= 0.6 is 0 Å². The molecule has 0 spiro atoms. The van der Waals surface area contributed by atoms with E-state index >= 15 is 0 Å². The molecule has 0 saturated carbocycles. The minimum absolute atomic E-state index is 1.18. The largest absolute Gasteiger partial charge is 0.265 e. The lowest BCUT2D eigenvalue weighted by atomic mass is 10.1. The summed E-state index contributed by atoms with van der Waals surface area (Å²) >= 11 is 0. The van der Waals surface area contributed by atoms with Gasteiger partial charge in [-0.05, 0) is 25.7 Å². The molecule has 0 aromatic heterocycles. The molecule has 1 heteroatoms. The topological polar surface area (TPSA) is 14.1 Å². The van der Waals surface area contributed by atoms with E-state index < -0.39 is 0 Å². The molecule has 0 unspecified atom stereocenters. The van der Waals surface area contributed by atoms with Gasteiger partial charge in [0, 0.05) is 12.4 Å². The van der Waals surface area contributed by atoms with Crippen molar-refractivity contribution in [1.29, 1.82) is 0 Å². The summed E-state index contributed by atoms with van der Waals surface area (Å²) in [6.07, 6.45) is 27.2. The lowest BCUT2D eigenvalue weighted by Crippen LogP contribution is -1.83. The molecular formula is C20H38N. The fourth-order valence-corrected chi connectivity index (χ4v) is 2.41. The maximum atomic E-state index is 4.30. The van der Waals surface area contributed by atoms with Crippen LogP contribution in [0.2, 0.25) is 0 Å². The van der Waals surface area contributed by atoms with Gasteiger partial charge in [-0.3, -0.25) is 5.32 Å². The van der Waals surface area contributed by atoms with Crippen LogP contribution in [0.4, 0.5) is 0 Å². The van der Waals surface area contributed by atoms with Gasteiger partial charge in [0.2, 0.25) is 0 Å². The molecule has 0 amide bonds. The van der Waals surface area contributed by atoms with E-state index in [1.807, 2.05) is 12.4 Å². The Hall–Kier alpha value is -0.720. The van der Waals surface area contributed by atoms with E-state index in [0.29, 0.717) is 0 Å². The summed E-state index contributed by atoms with van der Waals surface area (Å²) in [5.74, 6) is 0. The van der Waals surface area contributed by atoms with Crippen LogP contribution in [-0.4, -0.2) is 0 Å². The average Bonchev–Trinajstić information content (AvgIpc) is 2.50. The molecule has 0 fully saturated rings. The Balaban J connectivity index is 3.14. The molecule has 0 rings (SSSR count). The third-order valence-corrected chi connectivity index (χ3v) is 3.83. The monoisotopic (exact) mass is 292 g/mol. The summed E-state index contributed by atoms with van der Waals surface area (Å²) in [7, 11) is 0. The summed E-state index contributed by atoms with van der Waals surface area (Å²) in [4.78, 5) is 0. The lowest BCUT2D eigenvalue weighted by Gasteiger charge is -1.97. The van der Waals surface area contributed by atoms with Crippen molar-refractivity contribution in [2.24, 2.45) is 0 Å². The van der Waals surface area contributed by atoms with Crippen LogP contribution in [0.5, 0.6) is 0 Å². The van der Waals surface area contributed by atoms with Gasteiger partial charge < -0.3 is 0 Å². The highest BCUT2D eigenvalue weighted by Gasteiger charge is 1.88. The number of hydrogen-bond donors (Lipinski definition) is 0. The van der Waals surface area contributed by atoms with Gasteiger partial charge in [-0.25, -0.2) is 0 Å². The second kappa shape index (κ2) is 19.3. The lowest BCUT2D eigenvalue weighted by molar-refractivity contribution is 0.610. The fraction of sp³-hybridized carbons (Fsp3) is 0.800. The highest BCUT2D eigenvalue weighted by Crippen LogP contribution is 2.08. The maximum Gasteiger partial charge on any atom is 0.0227 e. The average molecular weight is 293 g/mol. The predicted molar refractivity (Wildman–Crippen MR) is 96.4 cm³/mol. The first kappa shape index (κ1) is 20.3. The van der Waals surface area contributed by atoms with Crippen molar-refractivity contribution in [2.45, 2.75) is 104 Å². The van der Waals surface area contributed by atoms with Crippen LogP contribution in [-0.2, 0) is 0 Å². The molecule has 0 heterocycles. The number of hydrogen-bond acceptors (Lipinski definition) is 0. The molecule has 1 nitrogen and oxygen atoms in total. The van der Waals surface area contributed by atoms with Crippen LogP contribution < -0.4 is 5.32 Å². The molecule has 21 heavy (non-hydrogen) atoms. The zero-order chi connectivity index (χ0) is 15.4. The van der Waals surface area contributed by atoms with Gasteiger partial charge in [0.25, 0.3) is 0 Å². The highest BCUT2D eigenvalue weighted by molar-refractivity contribution is 4.87. The van der Waals surface area contributed by atoms with Crippen molar-refractivity contribution < 1.29 is 0 Å². The Morgan fingerprint density at radius 2 is 0.905 bits per heavy atom. The normalized spacial score (nSPS) is 11.7. The molecule has 0 aromatic rings. The van der Waals surface area contributed by atoms with Crippen molar-refractivity contribution >= 4 is 0 Å². The summed E-state index contributed by atoms with van der Waals surface area (Å²) < 4.78 is 0. The zero-order valence-corrected chi connectivity index (χ0v) is 14.7. The van der Waals surface area contributed by atoms with Gasteiger partial charge in [-0.1, -0.05) is 90.2 Å². The van der Waals surface area contributed by atoms with E-state index in [4.69, 9.17) is 0 Å². The first-order valence-corrected chi connectivity index (χ1v) is 9.41. The molecular weight excluding hydrogens is 254 g/mol. The molecule has 1 radical (unpaired) electrons. The van der Waals surface area contributed by atoms with Crippen molar-refractivity contribution in [3.63, 3.8) is 0 Å². The third-order valence-electron chi connectivity index (χ3n) is 3.83. The molecule has 0 aliphatic rings. The Bertz CT molecular complexity index is 206.